The Morgan fingerprint density at radius 3 is 2.24 bits per heavy atom. The van der Waals surface area contributed by atoms with Crippen LogP contribution in [0.4, 0.5) is 0 Å². The highest BCUT2D eigenvalue weighted by atomic mass is 32.2. The molecule has 0 saturated heterocycles. The molecule has 1 atom stereocenters. The maximum Gasteiger partial charge on any atom is 0.414 e. The first-order valence-electron chi connectivity index (χ1n) is 12.6. The Bertz CT molecular complexity index is 594. The first kappa shape index (κ1) is 29.5. The van der Waals surface area contributed by atoms with Crippen LogP contribution in [0.2, 0.25) is 0 Å². The van der Waals surface area contributed by atoms with Crippen LogP contribution in [0.5, 0.6) is 0 Å². The predicted molar refractivity (Wildman–Crippen MR) is 134 cm³/mol. The Kier molecular flexibility index (Phi) is 17.8. The molecular formula is C25H44N2O5S. The maximum atomic E-state index is 9.10. The predicted octanol–water partition coefficient (Wildman–Crippen LogP) is 5.88. The second-order valence-corrected chi connectivity index (χ2v) is 10.0. The number of unbranched alkanes of at least 4 members (excludes halogenated alkanes) is 7. The molecule has 190 valence electrons. The summed E-state index contributed by atoms with van der Waals surface area (Å²) in [7, 11) is 0. The molecule has 1 aromatic heterocycles. The van der Waals surface area contributed by atoms with Crippen LogP contribution in [-0.2, 0) is 20.9 Å². The third-order valence-corrected chi connectivity index (χ3v) is 7.08. The minimum atomic E-state index is -1.82. The molecule has 1 aliphatic carbocycles. The normalized spacial score (nSPS) is 14.9. The number of thioether (sulfide) groups is 1. The molecule has 8 heteroatoms. The van der Waals surface area contributed by atoms with Crippen LogP contribution in [0, 0.1) is 5.92 Å². The Hall–Kier alpha value is -1.54. The van der Waals surface area contributed by atoms with E-state index in [1.165, 1.54) is 89.2 Å². The number of nitrogens with zero attached hydrogens (tertiary/aromatic N) is 2. The smallest absolute Gasteiger partial charge is 0.414 e. The first-order chi connectivity index (χ1) is 16.0. The second kappa shape index (κ2) is 19.9. The molecule has 1 aliphatic rings. The lowest BCUT2D eigenvalue weighted by atomic mass is 9.90. The number of carboxylic acids is 2. The number of aliphatic carboxylic acids is 2. The largest absolute Gasteiger partial charge is 0.473 e. The molecule has 1 fully saturated rings. The van der Waals surface area contributed by atoms with Gasteiger partial charge in [0.1, 0.15) is 0 Å². The average Bonchev–Trinajstić information content (AvgIpc) is 3.32. The molecule has 0 amide bonds. The highest BCUT2D eigenvalue weighted by molar-refractivity contribution is 7.99. The van der Waals surface area contributed by atoms with Crippen molar-refractivity contribution in [1.29, 1.82) is 0 Å². The Balaban J connectivity index is 0.000000801. The van der Waals surface area contributed by atoms with Gasteiger partial charge in [-0.15, -0.1) is 0 Å². The number of hydrogen-bond acceptors (Lipinski definition) is 5. The summed E-state index contributed by atoms with van der Waals surface area (Å²) in [6.07, 6.45) is 24.3. The van der Waals surface area contributed by atoms with Crippen molar-refractivity contribution in [2.45, 2.75) is 103 Å². The Morgan fingerprint density at radius 1 is 1.03 bits per heavy atom. The van der Waals surface area contributed by atoms with Crippen LogP contribution in [0.3, 0.4) is 0 Å². The van der Waals surface area contributed by atoms with Crippen molar-refractivity contribution in [1.82, 2.24) is 9.55 Å². The second-order valence-electron chi connectivity index (χ2n) is 8.88. The molecule has 1 aromatic rings. The lowest BCUT2D eigenvalue weighted by Gasteiger charge is -2.25. The summed E-state index contributed by atoms with van der Waals surface area (Å²) >= 11 is 2.08. The quantitative estimate of drug-likeness (QED) is 0.223. The lowest BCUT2D eigenvalue weighted by Crippen LogP contribution is -2.26. The van der Waals surface area contributed by atoms with Crippen LogP contribution >= 0.6 is 11.8 Å². The molecule has 0 spiro atoms. The van der Waals surface area contributed by atoms with Crippen molar-refractivity contribution in [3.8, 4) is 0 Å². The fraction of sp³-hybridized carbons (Fsp3) is 0.800. The van der Waals surface area contributed by atoms with E-state index in [2.05, 4.69) is 34.4 Å². The Labute approximate surface area is 203 Å². The summed E-state index contributed by atoms with van der Waals surface area (Å²) < 4.78 is 8.54. The summed E-state index contributed by atoms with van der Waals surface area (Å²) in [6.45, 7) is 4.19. The fourth-order valence-electron chi connectivity index (χ4n) is 3.96. The number of aromatic nitrogens is 2. The molecule has 0 radical (unpaired) electrons. The van der Waals surface area contributed by atoms with E-state index in [1.807, 2.05) is 12.5 Å². The molecular weight excluding hydrogens is 440 g/mol. The average molecular weight is 485 g/mol. The zero-order valence-electron chi connectivity index (χ0n) is 20.3. The number of ether oxygens (including phenoxy) is 1. The number of hydrogen-bond donors (Lipinski definition) is 2. The van der Waals surface area contributed by atoms with Gasteiger partial charge in [0.05, 0.1) is 19.0 Å². The Morgan fingerprint density at radius 2 is 1.67 bits per heavy atom. The number of carboxylic acid groups (broad SMARTS) is 2. The highest BCUT2D eigenvalue weighted by Crippen LogP contribution is 2.24. The lowest BCUT2D eigenvalue weighted by molar-refractivity contribution is -0.159. The van der Waals surface area contributed by atoms with E-state index in [-0.39, 0.29) is 0 Å². The van der Waals surface area contributed by atoms with E-state index in [4.69, 9.17) is 24.5 Å². The van der Waals surface area contributed by atoms with Gasteiger partial charge in [0.15, 0.2) is 0 Å². The van der Waals surface area contributed by atoms with Crippen molar-refractivity contribution in [3.63, 3.8) is 0 Å². The zero-order chi connectivity index (χ0) is 24.2. The minimum absolute atomic E-state index is 0.320. The van der Waals surface area contributed by atoms with Gasteiger partial charge in [-0.05, 0) is 30.9 Å². The third kappa shape index (κ3) is 16.7. The molecule has 7 nitrogen and oxygen atoms in total. The highest BCUT2D eigenvalue weighted by Gasteiger charge is 2.17. The molecule has 1 unspecified atom stereocenters. The molecule has 1 saturated carbocycles. The molecule has 2 N–H and O–H groups in total. The van der Waals surface area contributed by atoms with E-state index >= 15 is 0 Å². The van der Waals surface area contributed by atoms with Crippen molar-refractivity contribution in [2.75, 3.05) is 18.1 Å². The summed E-state index contributed by atoms with van der Waals surface area (Å²) in [6, 6.07) is 0. The summed E-state index contributed by atoms with van der Waals surface area (Å²) in [5.74, 6) is -0.462. The van der Waals surface area contributed by atoms with Crippen LogP contribution < -0.4 is 0 Å². The van der Waals surface area contributed by atoms with Gasteiger partial charge in [-0.2, -0.15) is 11.8 Å². The summed E-state index contributed by atoms with van der Waals surface area (Å²) in [5.41, 5.74) is 0. The van der Waals surface area contributed by atoms with Gasteiger partial charge in [-0.1, -0.05) is 71.1 Å². The SMILES string of the molecule is CCCCCCCCCCSCC(Cn1ccnc1)OCC1CCCCC1.O=C(O)C(=O)O. The van der Waals surface area contributed by atoms with Crippen molar-refractivity contribution in [3.05, 3.63) is 18.7 Å². The first-order valence-corrected chi connectivity index (χ1v) is 13.8. The van der Waals surface area contributed by atoms with Gasteiger partial charge < -0.3 is 19.5 Å². The zero-order valence-corrected chi connectivity index (χ0v) is 21.1. The van der Waals surface area contributed by atoms with Gasteiger partial charge in [-0.3, -0.25) is 0 Å². The van der Waals surface area contributed by atoms with Crippen molar-refractivity contribution >= 4 is 23.7 Å². The molecule has 33 heavy (non-hydrogen) atoms. The minimum Gasteiger partial charge on any atom is -0.473 e. The summed E-state index contributed by atoms with van der Waals surface area (Å²) in [4.78, 5) is 22.4. The molecule has 0 aromatic carbocycles. The van der Waals surface area contributed by atoms with Crippen LogP contribution in [-0.4, -0.2) is 55.9 Å². The van der Waals surface area contributed by atoms with Crippen LogP contribution in [0.25, 0.3) is 0 Å². The van der Waals surface area contributed by atoms with E-state index in [9.17, 15) is 0 Å². The van der Waals surface area contributed by atoms with Gasteiger partial charge in [0, 0.05) is 24.8 Å². The molecule has 1 heterocycles. The fourth-order valence-corrected chi connectivity index (χ4v) is 5.00. The number of carbonyl (C=O) groups is 2. The van der Waals surface area contributed by atoms with E-state index in [0.29, 0.717) is 6.10 Å². The molecule has 0 bridgehead atoms. The van der Waals surface area contributed by atoms with E-state index in [0.717, 1.165) is 24.8 Å². The monoisotopic (exact) mass is 484 g/mol. The van der Waals surface area contributed by atoms with Gasteiger partial charge in [0.2, 0.25) is 0 Å². The van der Waals surface area contributed by atoms with E-state index < -0.39 is 11.9 Å². The number of imidazole rings is 1. The molecule has 2 rings (SSSR count). The third-order valence-electron chi connectivity index (χ3n) is 5.89. The van der Waals surface area contributed by atoms with Crippen molar-refractivity contribution in [2.24, 2.45) is 5.92 Å². The number of rotatable bonds is 16. The topological polar surface area (TPSA) is 102 Å². The van der Waals surface area contributed by atoms with E-state index in [1.54, 1.807) is 0 Å². The van der Waals surface area contributed by atoms with Gasteiger partial charge >= 0.3 is 11.9 Å². The standard InChI is InChI=1S/C23H42N2OS.C2H2O4/c1-2-3-4-5-6-7-8-12-17-27-20-23(18-25-16-15-24-21-25)26-19-22-13-10-9-11-14-22;3-1(4)2(5)6/h15-16,21-23H,2-14,17-20H2,1H3;(H,3,4)(H,5,6). The summed E-state index contributed by atoms with van der Waals surface area (Å²) in [5, 5.41) is 14.8. The van der Waals surface area contributed by atoms with Gasteiger partial charge in [0.25, 0.3) is 0 Å². The maximum absolute atomic E-state index is 9.10. The van der Waals surface area contributed by atoms with Crippen molar-refractivity contribution < 1.29 is 24.5 Å². The molecule has 0 aliphatic heterocycles. The van der Waals surface area contributed by atoms with Gasteiger partial charge in [-0.25, -0.2) is 14.6 Å². The van der Waals surface area contributed by atoms with Crippen LogP contribution in [0.15, 0.2) is 18.7 Å². The van der Waals surface area contributed by atoms with Crippen LogP contribution in [0.1, 0.15) is 90.4 Å².